The summed E-state index contributed by atoms with van der Waals surface area (Å²) < 4.78 is 16.6. The zero-order valence-electron chi connectivity index (χ0n) is 18.3. The van der Waals surface area contributed by atoms with Gasteiger partial charge < -0.3 is 24.4 Å². The van der Waals surface area contributed by atoms with Crippen molar-refractivity contribution in [1.29, 1.82) is 0 Å². The van der Waals surface area contributed by atoms with Crippen LogP contribution in [-0.2, 0) is 10.2 Å². The number of hydrogen-bond donors (Lipinski definition) is 1. The standard InChI is InChI=1S/C23H35N3O3.HI/c1-3-24-22(26-12-9-18(14-26)15-27-2)25-16-23(10-5-4-6-11-23)19-7-8-20-21(13-19)29-17-28-20;/h7-8,13,18H,3-6,9-12,14-17H2,1-2H3,(H,24,25);1H. The number of rotatable bonds is 6. The topological polar surface area (TPSA) is 55.3 Å². The van der Waals surface area contributed by atoms with Crippen LogP contribution in [0.25, 0.3) is 0 Å². The van der Waals surface area contributed by atoms with E-state index in [1.807, 2.05) is 0 Å². The van der Waals surface area contributed by atoms with Crippen LogP contribution >= 0.6 is 24.0 Å². The molecule has 2 fully saturated rings. The number of methoxy groups -OCH3 is 1. The summed E-state index contributed by atoms with van der Waals surface area (Å²) in [5.41, 5.74) is 1.44. The van der Waals surface area contributed by atoms with Gasteiger partial charge in [-0.15, -0.1) is 24.0 Å². The van der Waals surface area contributed by atoms with Gasteiger partial charge in [-0.3, -0.25) is 4.99 Å². The van der Waals surface area contributed by atoms with Crippen molar-refractivity contribution < 1.29 is 14.2 Å². The largest absolute Gasteiger partial charge is 0.454 e. The molecule has 30 heavy (non-hydrogen) atoms. The first-order valence-corrected chi connectivity index (χ1v) is 11.2. The lowest BCUT2D eigenvalue weighted by molar-refractivity contribution is 0.157. The minimum absolute atomic E-state index is 0. The molecule has 1 aliphatic carbocycles. The Morgan fingerprint density at radius 3 is 2.80 bits per heavy atom. The minimum Gasteiger partial charge on any atom is -0.454 e. The van der Waals surface area contributed by atoms with Crippen LogP contribution < -0.4 is 14.8 Å². The molecule has 0 spiro atoms. The number of fused-ring (bicyclic) bond motifs is 1. The van der Waals surface area contributed by atoms with Crippen molar-refractivity contribution in [1.82, 2.24) is 10.2 Å². The van der Waals surface area contributed by atoms with E-state index in [2.05, 4.69) is 35.3 Å². The lowest BCUT2D eigenvalue weighted by atomic mass is 9.69. The molecule has 1 unspecified atom stereocenters. The SMILES string of the molecule is CCNC(=NCC1(c2ccc3c(c2)OCO3)CCCCC1)N1CCC(COC)C1.I. The second-order valence-electron chi connectivity index (χ2n) is 8.64. The molecule has 6 nitrogen and oxygen atoms in total. The van der Waals surface area contributed by atoms with E-state index in [1.165, 1.54) is 44.1 Å². The number of aliphatic imine (C=N–C) groups is 1. The second-order valence-corrected chi connectivity index (χ2v) is 8.64. The van der Waals surface area contributed by atoms with Gasteiger partial charge in [0.25, 0.3) is 0 Å². The summed E-state index contributed by atoms with van der Waals surface area (Å²) in [6, 6.07) is 6.49. The number of halogens is 1. The molecule has 3 aliphatic rings. The Morgan fingerprint density at radius 1 is 1.23 bits per heavy atom. The molecule has 2 heterocycles. The number of likely N-dealkylation sites (tertiary alicyclic amines) is 1. The molecule has 0 aromatic heterocycles. The number of benzene rings is 1. The van der Waals surface area contributed by atoms with Crippen molar-refractivity contribution in [2.75, 3.05) is 46.7 Å². The summed E-state index contributed by atoms with van der Waals surface area (Å²) in [4.78, 5) is 7.58. The molecule has 4 rings (SSSR count). The Labute approximate surface area is 197 Å². The van der Waals surface area contributed by atoms with Crippen molar-refractivity contribution in [3.8, 4) is 11.5 Å². The fourth-order valence-electron chi connectivity index (χ4n) is 5.04. The normalized spacial score (nSPS) is 22.7. The molecule has 1 aromatic rings. The summed E-state index contributed by atoms with van der Waals surface area (Å²) >= 11 is 0. The maximum absolute atomic E-state index is 5.66. The summed E-state index contributed by atoms with van der Waals surface area (Å²) in [7, 11) is 1.79. The van der Waals surface area contributed by atoms with E-state index in [0.717, 1.165) is 50.2 Å². The van der Waals surface area contributed by atoms with Crippen LogP contribution in [0.4, 0.5) is 0 Å². The van der Waals surface area contributed by atoms with Gasteiger partial charge >= 0.3 is 0 Å². The zero-order valence-corrected chi connectivity index (χ0v) is 20.7. The Morgan fingerprint density at radius 2 is 2.03 bits per heavy atom. The third-order valence-electron chi connectivity index (χ3n) is 6.65. The maximum Gasteiger partial charge on any atom is 0.231 e. The molecule has 1 saturated carbocycles. The quantitative estimate of drug-likeness (QED) is 0.341. The van der Waals surface area contributed by atoms with E-state index in [4.69, 9.17) is 19.2 Å². The van der Waals surface area contributed by atoms with Crippen molar-refractivity contribution in [2.45, 2.75) is 50.9 Å². The van der Waals surface area contributed by atoms with Crippen molar-refractivity contribution in [2.24, 2.45) is 10.9 Å². The first kappa shape index (κ1) is 23.4. The number of guanidine groups is 1. The average Bonchev–Trinajstić information content (AvgIpc) is 3.41. The number of hydrogen-bond acceptors (Lipinski definition) is 4. The van der Waals surface area contributed by atoms with Gasteiger partial charge in [0.1, 0.15) is 0 Å². The predicted octanol–water partition coefficient (Wildman–Crippen LogP) is 4.17. The summed E-state index contributed by atoms with van der Waals surface area (Å²) in [6.07, 6.45) is 7.39. The first-order valence-electron chi connectivity index (χ1n) is 11.2. The highest BCUT2D eigenvalue weighted by Crippen LogP contribution is 2.43. The summed E-state index contributed by atoms with van der Waals surface area (Å²) in [5.74, 6) is 3.39. The molecule has 168 valence electrons. The molecule has 0 bridgehead atoms. The van der Waals surface area contributed by atoms with E-state index in [9.17, 15) is 0 Å². The van der Waals surface area contributed by atoms with Gasteiger partial charge in [-0.05, 0) is 43.9 Å². The summed E-state index contributed by atoms with van der Waals surface area (Å²) in [6.45, 7) is 7.09. The molecule has 2 aliphatic heterocycles. The van der Waals surface area contributed by atoms with Crippen LogP contribution in [0.1, 0.15) is 51.0 Å². The lowest BCUT2D eigenvalue weighted by Gasteiger charge is -2.37. The number of nitrogens with zero attached hydrogens (tertiary/aromatic N) is 2. The van der Waals surface area contributed by atoms with E-state index in [-0.39, 0.29) is 29.4 Å². The Bertz CT molecular complexity index is 722. The van der Waals surface area contributed by atoms with Gasteiger partial charge in [0.2, 0.25) is 6.79 Å². The van der Waals surface area contributed by atoms with Crippen LogP contribution in [0.15, 0.2) is 23.2 Å². The minimum atomic E-state index is 0. The highest BCUT2D eigenvalue weighted by Gasteiger charge is 2.35. The monoisotopic (exact) mass is 529 g/mol. The highest BCUT2D eigenvalue weighted by atomic mass is 127. The maximum atomic E-state index is 5.66. The molecule has 0 amide bonds. The third kappa shape index (κ3) is 5.15. The van der Waals surface area contributed by atoms with Crippen LogP contribution in [0.3, 0.4) is 0 Å². The summed E-state index contributed by atoms with van der Waals surface area (Å²) in [5, 5.41) is 3.53. The van der Waals surface area contributed by atoms with E-state index in [1.54, 1.807) is 7.11 Å². The molecular weight excluding hydrogens is 493 g/mol. The molecule has 7 heteroatoms. The smallest absolute Gasteiger partial charge is 0.231 e. The average molecular weight is 529 g/mol. The van der Waals surface area contributed by atoms with Gasteiger partial charge in [0.05, 0.1) is 13.2 Å². The zero-order chi connectivity index (χ0) is 20.1. The van der Waals surface area contributed by atoms with E-state index in [0.29, 0.717) is 12.7 Å². The highest BCUT2D eigenvalue weighted by molar-refractivity contribution is 14.0. The van der Waals surface area contributed by atoms with Crippen LogP contribution in [0.5, 0.6) is 11.5 Å². The Hall–Kier alpha value is -1.22. The predicted molar refractivity (Wildman–Crippen MR) is 130 cm³/mol. The van der Waals surface area contributed by atoms with Crippen LogP contribution in [-0.4, -0.2) is 57.5 Å². The van der Waals surface area contributed by atoms with E-state index >= 15 is 0 Å². The van der Waals surface area contributed by atoms with Gasteiger partial charge in [-0.1, -0.05) is 25.3 Å². The Kier molecular flexibility index (Phi) is 8.51. The lowest BCUT2D eigenvalue weighted by Crippen LogP contribution is -2.42. The fraction of sp³-hybridized carbons (Fsp3) is 0.696. The Balaban J connectivity index is 0.00000256. The third-order valence-corrected chi connectivity index (χ3v) is 6.65. The molecule has 1 aromatic carbocycles. The molecular formula is C23H36IN3O3. The van der Waals surface area contributed by atoms with Crippen LogP contribution in [0.2, 0.25) is 0 Å². The first-order chi connectivity index (χ1) is 14.2. The van der Waals surface area contributed by atoms with Crippen LogP contribution in [0, 0.1) is 5.92 Å². The molecule has 1 saturated heterocycles. The molecule has 1 atom stereocenters. The van der Waals surface area contributed by atoms with Gasteiger partial charge in [-0.2, -0.15) is 0 Å². The fourth-order valence-corrected chi connectivity index (χ4v) is 5.04. The van der Waals surface area contributed by atoms with E-state index < -0.39 is 0 Å². The second kappa shape index (κ2) is 10.9. The molecule has 1 N–H and O–H groups in total. The van der Waals surface area contributed by atoms with Gasteiger partial charge in [-0.25, -0.2) is 0 Å². The van der Waals surface area contributed by atoms with Gasteiger partial charge in [0, 0.05) is 38.1 Å². The molecule has 0 radical (unpaired) electrons. The van der Waals surface area contributed by atoms with Crippen molar-refractivity contribution in [3.05, 3.63) is 23.8 Å². The van der Waals surface area contributed by atoms with Gasteiger partial charge in [0.15, 0.2) is 17.5 Å². The van der Waals surface area contributed by atoms with Crippen molar-refractivity contribution in [3.63, 3.8) is 0 Å². The number of nitrogens with one attached hydrogen (secondary N) is 1. The number of ether oxygens (including phenoxy) is 3. The van der Waals surface area contributed by atoms with Crippen molar-refractivity contribution >= 4 is 29.9 Å².